The number of rotatable bonds is 7. The lowest BCUT2D eigenvalue weighted by atomic mass is 9.88. The van der Waals surface area contributed by atoms with Gasteiger partial charge in [-0.25, -0.2) is 4.79 Å². The van der Waals surface area contributed by atoms with Gasteiger partial charge in [-0.1, -0.05) is 67.1 Å². The summed E-state index contributed by atoms with van der Waals surface area (Å²) in [5, 5.41) is 0. The van der Waals surface area contributed by atoms with Gasteiger partial charge in [-0.2, -0.15) is 0 Å². The molecule has 1 fully saturated rings. The van der Waals surface area contributed by atoms with Crippen molar-refractivity contribution in [3.8, 4) is 0 Å². The third kappa shape index (κ3) is 5.33. The predicted octanol–water partition coefficient (Wildman–Crippen LogP) is 4.47. The lowest BCUT2D eigenvalue weighted by molar-refractivity contribution is 0.00289. The number of nitrogens with zero attached hydrogens (tertiary/aromatic N) is 2. The highest BCUT2D eigenvalue weighted by Crippen LogP contribution is 2.28. The summed E-state index contributed by atoms with van der Waals surface area (Å²) in [6.07, 6.45) is 0.786. The molecule has 2 aromatic rings. The molecule has 1 saturated heterocycles. The molecule has 1 heterocycles. The molecular weight excluding hydrogens is 336 g/mol. The van der Waals surface area contributed by atoms with E-state index in [2.05, 4.69) is 50.1 Å². The number of likely N-dealkylation sites (tertiary alicyclic amines) is 1. The van der Waals surface area contributed by atoms with Crippen LogP contribution in [0.4, 0.5) is 4.79 Å². The van der Waals surface area contributed by atoms with Gasteiger partial charge in [-0.15, -0.1) is 0 Å². The Labute approximate surface area is 162 Å². The summed E-state index contributed by atoms with van der Waals surface area (Å²) in [5.41, 5.74) is 3.55. The molecule has 0 bridgehead atoms. The van der Waals surface area contributed by atoms with E-state index < -0.39 is 0 Å². The summed E-state index contributed by atoms with van der Waals surface area (Å²) >= 11 is 0. The summed E-state index contributed by atoms with van der Waals surface area (Å²) in [5.74, 6) is 0.530. The van der Waals surface area contributed by atoms with Crippen LogP contribution in [0.5, 0.6) is 0 Å². The van der Waals surface area contributed by atoms with Crippen LogP contribution in [-0.4, -0.2) is 42.1 Å². The van der Waals surface area contributed by atoms with Crippen LogP contribution < -0.4 is 0 Å². The molecule has 144 valence electrons. The molecule has 1 amide bonds. The second kappa shape index (κ2) is 9.05. The maximum Gasteiger partial charge on any atom is 0.410 e. The van der Waals surface area contributed by atoms with Gasteiger partial charge in [-0.3, -0.25) is 0 Å². The van der Waals surface area contributed by atoms with Gasteiger partial charge >= 0.3 is 6.09 Å². The van der Waals surface area contributed by atoms with Gasteiger partial charge in [-0.05, 0) is 37.4 Å². The number of carbonyl (C=O) groups excluding carboxylic acids is 1. The third-order valence-corrected chi connectivity index (χ3v) is 5.36. The van der Waals surface area contributed by atoms with E-state index in [0.29, 0.717) is 12.5 Å². The summed E-state index contributed by atoms with van der Waals surface area (Å²) < 4.78 is 5.53. The van der Waals surface area contributed by atoms with E-state index in [9.17, 15) is 4.79 Å². The van der Waals surface area contributed by atoms with Gasteiger partial charge in [0.1, 0.15) is 6.61 Å². The molecule has 4 nitrogen and oxygen atoms in total. The zero-order valence-electron chi connectivity index (χ0n) is 16.6. The highest BCUT2D eigenvalue weighted by Gasteiger charge is 2.39. The fourth-order valence-electron chi connectivity index (χ4n) is 3.63. The van der Waals surface area contributed by atoms with Gasteiger partial charge < -0.3 is 14.5 Å². The van der Waals surface area contributed by atoms with Crippen molar-refractivity contribution in [1.82, 2.24) is 9.80 Å². The molecule has 0 unspecified atom stereocenters. The molecule has 2 aromatic carbocycles. The van der Waals surface area contributed by atoms with Crippen LogP contribution in [0.3, 0.4) is 0 Å². The van der Waals surface area contributed by atoms with Crippen LogP contribution in [-0.2, 0) is 17.9 Å². The Hall–Kier alpha value is -2.33. The summed E-state index contributed by atoms with van der Waals surface area (Å²) in [7, 11) is 2.14. The van der Waals surface area contributed by atoms with E-state index in [0.717, 1.165) is 31.6 Å². The highest BCUT2D eigenvalue weighted by atomic mass is 16.6. The topological polar surface area (TPSA) is 32.8 Å². The monoisotopic (exact) mass is 366 g/mol. The maximum atomic E-state index is 12.4. The van der Waals surface area contributed by atoms with Crippen molar-refractivity contribution in [3.63, 3.8) is 0 Å². The summed E-state index contributed by atoms with van der Waals surface area (Å²) in [4.78, 5) is 16.6. The lowest BCUT2D eigenvalue weighted by Gasteiger charge is -2.46. The maximum absolute atomic E-state index is 12.4. The molecule has 4 heteroatoms. The molecule has 0 radical (unpaired) electrons. The molecule has 2 atom stereocenters. The summed E-state index contributed by atoms with van der Waals surface area (Å²) in [6.45, 7) is 7.29. The van der Waals surface area contributed by atoms with Crippen molar-refractivity contribution in [1.29, 1.82) is 0 Å². The van der Waals surface area contributed by atoms with Gasteiger partial charge in [0.15, 0.2) is 0 Å². The van der Waals surface area contributed by atoms with Gasteiger partial charge in [0.2, 0.25) is 0 Å². The molecule has 0 saturated carbocycles. The van der Waals surface area contributed by atoms with Crippen LogP contribution in [0.15, 0.2) is 54.6 Å². The molecular formula is C23H30N2O2. The Balaban J connectivity index is 1.44. The van der Waals surface area contributed by atoms with E-state index >= 15 is 0 Å². The number of hydrogen-bond donors (Lipinski definition) is 0. The Morgan fingerprint density at radius 1 is 1.11 bits per heavy atom. The number of carbonyl (C=O) groups is 1. The van der Waals surface area contributed by atoms with E-state index in [1.165, 1.54) is 11.1 Å². The molecule has 27 heavy (non-hydrogen) atoms. The first-order valence-corrected chi connectivity index (χ1v) is 9.74. The standard InChI is InChI=1S/C23H30N2O2/c1-18-9-11-21(12-10-18)17-27-23(26)25-15-19(2)22(25)13-14-24(3)16-20-7-5-4-6-8-20/h4-12,19,22H,13-17H2,1-3H3/t19-,22+/m0/s1. The van der Waals surface area contributed by atoms with Crippen LogP contribution in [0.25, 0.3) is 0 Å². The van der Waals surface area contributed by atoms with E-state index in [4.69, 9.17) is 4.74 Å². The van der Waals surface area contributed by atoms with Crippen molar-refractivity contribution in [3.05, 3.63) is 71.3 Å². The molecule has 1 aliphatic rings. The Morgan fingerprint density at radius 2 is 1.81 bits per heavy atom. The number of aryl methyl sites for hydroxylation is 1. The Bertz CT molecular complexity index is 730. The van der Waals surface area contributed by atoms with E-state index in [-0.39, 0.29) is 12.1 Å². The lowest BCUT2D eigenvalue weighted by Crippen LogP contribution is -2.58. The van der Waals surface area contributed by atoms with Gasteiger partial charge in [0.25, 0.3) is 0 Å². The first-order valence-electron chi connectivity index (χ1n) is 9.74. The minimum absolute atomic E-state index is 0.190. The van der Waals surface area contributed by atoms with Crippen LogP contribution >= 0.6 is 0 Å². The third-order valence-electron chi connectivity index (χ3n) is 5.36. The van der Waals surface area contributed by atoms with Crippen molar-refractivity contribution in [2.45, 2.75) is 39.5 Å². The Kier molecular flexibility index (Phi) is 6.51. The quantitative estimate of drug-likeness (QED) is 0.725. The Morgan fingerprint density at radius 3 is 2.48 bits per heavy atom. The number of ether oxygens (including phenoxy) is 1. The average Bonchev–Trinajstić information content (AvgIpc) is 2.66. The first kappa shape index (κ1) is 19.4. The first-order chi connectivity index (χ1) is 13.0. The smallest absolute Gasteiger partial charge is 0.410 e. The number of hydrogen-bond acceptors (Lipinski definition) is 3. The highest BCUT2D eigenvalue weighted by molar-refractivity contribution is 5.69. The average molecular weight is 367 g/mol. The van der Waals surface area contributed by atoms with Crippen LogP contribution in [0, 0.1) is 12.8 Å². The number of benzene rings is 2. The normalized spacial score (nSPS) is 19.0. The van der Waals surface area contributed by atoms with Crippen molar-refractivity contribution < 1.29 is 9.53 Å². The van der Waals surface area contributed by atoms with Crippen molar-refractivity contribution >= 4 is 6.09 Å². The van der Waals surface area contributed by atoms with Gasteiger partial charge in [0.05, 0.1) is 0 Å². The molecule has 0 spiro atoms. The van der Waals surface area contributed by atoms with Crippen molar-refractivity contribution in [2.24, 2.45) is 5.92 Å². The van der Waals surface area contributed by atoms with Crippen molar-refractivity contribution in [2.75, 3.05) is 20.1 Å². The SMILES string of the molecule is Cc1ccc(COC(=O)N2C[C@H](C)[C@H]2CCN(C)Cc2ccccc2)cc1. The second-order valence-electron chi connectivity index (χ2n) is 7.75. The van der Waals surface area contributed by atoms with Gasteiger partial charge in [0, 0.05) is 25.7 Å². The summed E-state index contributed by atoms with van der Waals surface area (Å²) in [6, 6.07) is 18.9. The van der Waals surface area contributed by atoms with E-state index in [1.54, 1.807) is 0 Å². The zero-order chi connectivity index (χ0) is 19.2. The fourth-order valence-corrected chi connectivity index (χ4v) is 3.63. The number of amides is 1. The van der Waals surface area contributed by atoms with Crippen LogP contribution in [0.2, 0.25) is 0 Å². The minimum atomic E-state index is -0.190. The predicted molar refractivity (Wildman–Crippen MR) is 108 cm³/mol. The molecule has 1 aliphatic heterocycles. The van der Waals surface area contributed by atoms with E-state index in [1.807, 2.05) is 35.2 Å². The largest absolute Gasteiger partial charge is 0.445 e. The molecule has 3 rings (SSSR count). The minimum Gasteiger partial charge on any atom is -0.445 e. The van der Waals surface area contributed by atoms with Crippen LogP contribution in [0.1, 0.15) is 30.0 Å². The second-order valence-corrected chi connectivity index (χ2v) is 7.75. The zero-order valence-corrected chi connectivity index (χ0v) is 16.6. The molecule has 0 aliphatic carbocycles. The fraction of sp³-hybridized carbons (Fsp3) is 0.435. The molecule has 0 aromatic heterocycles. The molecule has 0 N–H and O–H groups in total.